The number of nitrogens with zero attached hydrogens (tertiary/aromatic N) is 1. The molecule has 20 heavy (non-hydrogen) atoms. The van der Waals surface area contributed by atoms with Crippen LogP contribution >= 0.6 is 0 Å². The lowest BCUT2D eigenvalue weighted by Gasteiger charge is -2.50. The maximum absolute atomic E-state index is 12.8. The minimum absolute atomic E-state index is 0.00861. The van der Waals surface area contributed by atoms with Crippen molar-refractivity contribution in [2.45, 2.75) is 65.6 Å². The van der Waals surface area contributed by atoms with E-state index in [1.54, 1.807) is 25.9 Å². The van der Waals surface area contributed by atoms with Crippen LogP contribution in [0, 0.1) is 5.41 Å². The Hall–Kier alpha value is -1.10. The lowest BCUT2D eigenvalue weighted by molar-refractivity contribution is -0.161. The van der Waals surface area contributed by atoms with E-state index in [1.807, 2.05) is 27.7 Å². The normalized spacial score (nSPS) is 24.6. The van der Waals surface area contributed by atoms with E-state index >= 15 is 0 Å². The van der Waals surface area contributed by atoms with E-state index in [0.29, 0.717) is 6.61 Å². The van der Waals surface area contributed by atoms with Gasteiger partial charge in [-0.3, -0.25) is 9.59 Å². The van der Waals surface area contributed by atoms with Gasteiger partial charge in [0.25, 0.3) is 0 Å². The summed E-state index contributed by atoms with van der Waals surface area (Å²) >= 11 is 0. The highest BCUT2D eigenvalue weighted by atomic mass is 16.5. The summed E-state index contributed by atoms with van der Waals surface area (Å²) in [5.41, 5.74) is -1.13. The van der Waals surface area contributed by atoms with Gasteiger partial charge < -0.3 is 15.0 Å². The van der Waals surface area contributed by atoms with Crippen LogP contribution in [0.4, 0.5) is 0 Å². The molecule has 5 nitrogen and oxygen atoms in total. The highest BCUT2D eigenvalue weighted by Gasteiger charge is 2.50. The lowest BCUT2D eigenvalue weighted by Crippen LogP contribution is -2.72. The number of rotatable bonds is 4. The molecule has 0 radical (unpaired) electrons. The number of carbonyl (C=O) groups excluding carboxylic acids is 2. The van der Waals surface area contributed by atoms with Crippen LogP contribution < -0.4 is 5.32 Å². The molecule has 1 fully saturated rings. The van der Waals surface area contributed by atoms with Crippen molar-refractivity contribution >= 4 is 11.8 Å². The molecule has 1 saturated heterocycles. The Morgan fingerprint density at radius 2 is 1.90 bits per heavy atom. The number of amides is 2. The predicted molar refractivity (Wildman–Crippen MR) is 78.3 cm³/mol. The first-order valence-corrected chi connectivity index (χ1v) is 7.16. The second kappa shape index (κ2) is 5.72. The molecule has 0 aromatic heterocycles. The Balaban J connectivity index is 3.08. The average Bonchev–Trinajstić information content (AvgIpc) is 2.29. The molecular weight excluding hydrogens is 256 g/mol. The lowest BCUT2D eigenvalue weighted by atomic mass is 9.81. The molecule has 0 aromatic rings. The van der Waals surface area contributed by atoms with Crippen LogP contribution in [0.25, 0.3) is 0 Å². The molecule has 0 aliphatic carbocycles. The minimum atomic E-state index is -0.827. The van der Waals surface area contributed by atoms with E-state index in [0.717, 1.165) is 6.42 Å². The van der Waals surface area contributed by atoms with Gasteiger partial charge >= 0.3 is 0 Å². The quantitative estimate of drug-likeness (QED) is 0.852. The second-order valence-corrected chi connectivity index (χ2v) is 7.17. The zero-order valence-electron chi connectivity index (χ0n) is 13.7. The molecule has 0 bridgehead atoms. The monoisotopic (exact) mass is 284 g/mol. The van der Waals surface area contributed by atoms with Crippen LogP contribution in [0.5, 0.6) is 0 Å². The molecule has 0 saturated carbocycles. The first-order valence-electron chi connectivity index (χ1n) is 7.16. The fourth-order valence-corrected chi connectivity index (χ4v) is 2.67. The number of hydrogen-bond acceptors (Lipinski definition) is 3. The van der Waals surface area contributed by atoms with E-state index in [1.165, 1.54) is 0 Å². The van der Waals surface area contributed by atoms with Crippen LogP contribution in [0.1, 0.15) is 48.0 Å². The molecule has 5 heteroatoms. The van der Waals surface area contributed by atoms with Crippen molar-refractivity contribution in [3.8, 4) is 0 Å². The van der Waals surface area contributed by atoms with Crippen molar-refractivity contribution in [1.82, 2.24) is 10.2 Å². The van der Waals surface area contributed by atoms with Gasteiger partial charge in [-0.25, -0.2) is 0 Å². The second-order valence-electron chi connectivity index (χ2n) is 7.17. The Kier molecular flexibility index (Phi) is 4.85. The van der Waals surface area contributed by atoms with Crippen LogP contribution in [0.15, 0.2) is 0 Å². The van der Waals surface area contributed by atoms with Gasteiger partial charge in [-0.15, -0.1) is 0 Å². The molecule has 0 aromatic carbocycles. The summed E-state index contributed by atoms with van der Waals surface area (Å²) in [6, 6.07) is -0.513. The fraction of sp³-hybridized carbons (Fsp3) is 0.867. The van der Waals surface area contributed by atoms with Crippen molar-refractivity contribution in [3.05, 3.63) is 0 Å². The summed E-state index contributed by atoms with van der Waals surface area (Å²) in [5.74, 6) is -0.105. The van der Waals surface area contributed by atoms with Gasteiger partial charge in [0.15, 0.2) is 0 Å². The van der Waals surface area contributed by atoms with Crippen molar-refractivity contribution in [3.63, 3.8) is 0 Å². The van der Waals surface area contributed by atoms with Gasteiger partial charge in [-0.05, 0) is 32.6 Å². The number of ether oxygens (including phenoxy) is 1. The third-order valence-electron chi connectivity index (χ3n) is 3.96. The van der Waals surface area contributed by atoms with Gasteiger partial charge in [0.05, 0.1) is 0 Å². The number of carbonyl (C=O) groups is 2. The molecule has 0 spiro atoms. The third kappa shape index (κ3) is 3.14. The van der Waals surface area contributed by atoms with Crippen molar-refractivity contribution < 1.29 is 14.3 Å². The molecule has 2 atom stereocenters. The summed E-state index contributed by atoms with van der Waals surface area (Å²) < 4.78 is 5.09. The summed E-state index contributed by atoms with van der Waals surface area (Å²) in [4.78, 5) is 26.9. The van der Waals surface area contributed by atoms with Crippen molar-refractivity contribution in [1.29, 1.82) is 0 Å². The molecule has 2 amide bonds. The zero-order valence-corrected chi connectivity index (χ0v) is 13.7. The Morgan fingerprint density at radius 3 is 2.35 bits per heavy atom. The summed E-state index contributed by atoms with van der Waals surface area (Å²) in [6.45, 7) is 12.0. The molecule has 1 rings (SSSR count). The van der Waals surface area contributed by atoms with E-state index in [9.17, 15) is 9.59 Å². The molecule has 1 aliphatic rings. The molecule has 116 valence electrons. The summed E-state index contributed by atoms with van der Waals surface area (Å²) in [5, 5.41) is 2.88. The highest BCUT2D eigenvalue weighted by Crippen LogP contribution is 2.31. The number of piperazine rings is 1. The van der Waals surface area contributed by atoms with Gasteiger partial charge in [0.1, 0.15) is 11.6 Å². The summed E-state index contributed by atoms with van der Waals surface area (Å²) in [6.07, 6.45) is 0.718. The topological polar surface area (TPSA) is 58.6 Å². The molecule has 1 heterocycles. The Labute approximate surface area is 122 Å². The third-order valence-corrected chi connectivity index (χ3v) is 3.96. The minimum Gasteiger partial charge on any atom is -0.385 e. The van der Waals surface area contributed by atoms with Gasteiger partial charge in [0.2, 0.25) is 11.8 Å². The van der Waals surface area contributed by atoms with Crippen molar-refractivity contribution in [2.24, 2.45) is 5.41 Å². The molecule has 2 unspecified atom stereocenters. The van der Waals surface area contributed by atoms with Crippen LogP contribution in [-0.2, 0) is 14.3 Å². The van der Waals surface area contributed by atoms with E-state index in [2.05, 4.69) is 5.32 Å². The number of hydrogen-bond donors (Lipinski definition) is 1. The number of nitrogens with one attached hydrogen (secondary N) is 1. The smallest absolute Gasteiger partial charge is 0.246 e. The van der Waals surface area contributed by atoms with E-state index in [-0.39, 0.29) is 23.3 Å². The zero-order chi connectivity index (χ0) is 15.7. The maximum atomic E-state index is 12.8. The standard InChI is InChI=1S/C15H28N2O3/c1-10(8-9-20-7)17-12(18)11(14(2,3)4)16-13(19)15(17,5)6/h10-11H,8-9H2,1-7H3,(H,16,19). The van der Waals surface area contributed by atoms with Crippen LogP contribution in [-0.4, -0.2) is 48.1 Å². The largest absolute Gasteiger partial charge is 0.385 e. The van der Waals surface area contributed by atoms with Crippen LogP contribution in [0.3, 0.4) is 0 Å². The highest BCUT2D eigenvalue weighted by molar-refractivity contribution is 5.99. The van der Waals surface area contributed by atoms with Gasteiger partial charge in [0, 0.05) is 19.8 Å². The van der Waals surface area contributed by atoms with Crippen LogP contribution in [0.2, 0.25) is 0 Å². The predicted octanol–water partition coefficient (Wildman–Crippen LogP) is 1.56. The molecular formula is C15H28N2O3. The van der Waals surface area contributed by atoms with Gasteiger partial charge in [-0.1, -0.05) is 20.8 Å². The van der Waals surface area contributed by atoms with Gasteiger partial charge in [-0.2, -0.15) is 0 Å². The maximum Gasteiger partial charge on any atom is 0.246 e. The first-order chi connectivity index (χ1) is 9.03. The molecule has 1 aliphatic heterocycles. The van der Waals surface area contributed by atoms with E-state index < -0.39 is 11.6 Å². The Bertz CT molecular complexity index is 385. The summed E-state index contributed by atoms with van der Waals surface area (Å²) in [7, 11) is 1.64. The first kappa shape index (κ1) is 17.0. The molecule has 1 N–H and O–H groups in total. The van der Waals surface area contributed by atoms with E-state index in [4.69, 9.17) is 4.74 Å². The fourth-order valence-electron chi connectivity index (χ4n) is 2.67. The number of methoxy groups -OCH3 is 1. The Morgan fingerprint density at radius 1 is 1.35 bits per heavy atom. The van der Waals surface area contributed by atoms with Crippen molar-refractivity contribution in [2.75, 3.05) is 13.7 Å². The SMILES string of the molecule is COCCC(C)N1C(=O)C(C(C)(C)C)NC(=O)C1(C)C. The average molecular weight is 284 g/mol.